The van der Waals surface area contributed by atoms with Gasteiger partial charge in [-0.15, -0.1) is 0 Å². The first-order chi connectivity index (χ1) is 8.50. The summed E-state index contributed by atoms with van der Waals surface area (Å²) in [6, 6.07) is 1.45. The van der Waals surface area contributed by atoms with Gasteiger partial charge in [-0.3, -0.25) is 9.69 Å². The van der Waals surface area contributed by atoms with E-state index in [0.29, 0.717) is 6.42 Å². The lowest BCUT2D eigenvalue weighted by molar-refractivity contribution is -0.119. The summed E-state index contributed by atoms with van der Waals surface area (Å²) in [5.41, 5.74) is -0.334. The number of amides is 1. The van der Waals surface area contributed by atoms with Crippen LogP contribution in [0.2, 0.25) is 0 Å². The van der Waals surface area contributed by atoms with Crippen LogP contribution in [0.1, 0.15) is 12.8 Å². The van der Waals surface area contributed by atoms with Crippen molar-refractivity contribution < 1.29 is 18.0 Å². The summed E-state index contributed by atoms with van der Waals surface area (Å²) >= 11 is 0. The molecule has 98 valence electrons. The molecule has 0 aromatic heterocycles. The number of hydrogen-bond donors (Lipinski definition) is 1. The summed E-state index contributed by atoms with van der Waals surface area (Å²) in [5.74, 6) is -4.63. The third-order valence-electron chi connectivity index (χ3n) is 3.12. The number of halogens is 3. The Balaban J connectivity index is 2.14. The van der Waals surface area contributed by atoms with E-state index >= 15 is 0 Å². The van der Waals surface area contributed by atoms with Crippen molar-refractivity contribution in [1.29, 1.82) is 0 Å². The van der Waals surface area contributed by atoms with E-state index in [1.807, 2.05) is 4.90 Å². The zero-order chi connectivity index (χ0) is 13.3. The molecule has 1 aromatic carbocycles. The third-order valence-corrected chi connectivity index (χ3v) is 3.12. The fraction of sp³-hybridized carbons (Fsp3) is 0.417. The lowest BCUT2D eigenvalue weighted by Crippen LogP contribution is -2.37. The molecular weight excluding hydrogens is 245 g/mol. The number of carbonyl (C=O) groups excluding carboxylic acids is 1. The van der Waals surface area contributed by atoms with Crippen LogP contribution < -0.4 is 5.32 Å². The maximum absolute atomic E-state index is 13.4. The first kappa shape index (κ1) is 12.9. The van der Waals surface area contributed by atoms with E-state index in [4.69, 9.17) is 0 Å². The van der Waals surface area contributed by atoms with Gasteiger partial charge in [0.1, 0.15) is 0 Å². The van der Waals surface area contributed by atoms with E-state index in [9.17, 15) is 18.0 Å². The number of carbonyl (C=O) groups is 1. The minimum atomic E-state index is -1.58. The molecule has 18 heavy (non-hydrogen) atoms. The van der Waals surface area contributed by atoms with Gasteiger partial charge in [0.05, 0.1) is 11.7 Å². The lowest BCUT2D eigenvalue weighted by atomic mass is 10.2. The first-order valence-corrected chi connectivity index (χ1v) is 5.65. The molecule has 2 rings (SSSR count). The van der Waals surface area contributed by atoms with Crippen LogP contribution in [0.15, 0.2) is 12.1 Å². The SMILES string of the molecule is CN1CCCC1C(=O)Nc1ccc(F)c(F)c1F. The Bertz CT molecular complexity index is 479. The van der Waals surface area contributed by atoms with Crippen LogP contribution in [0.25, 0.3) is 0 Å². The highest BCUT2D eigenvalue weighted by Gasteiger charge is 2.28. The summed E-state index contributed by atoms with van der Waals surface area (Å²) in [4.78, 5) is 13.7. The number of nitrogens with zero attached hydrogens (tertiary/aromatic N) is 1. The van der Waals surface area contributed by atoms with E-state index < -0.39 is 23.4 Å². The number of nitrogens with one attached hydrogen (secondary N) is 1. The fourth-order valence-electron chi connectivity index (χ4n) is 2.08. The molecule has 1 unspecified atom stereocenters. The smallest absolute Gasteiger partial charge is 0.241 e. The Hall–Kier alpha value is -1.56. The van der Waals surface area contributed by atoms with Gasteiger partial charge in [0, 0.05) is 0 Å². The topological polar surface area (TPSA) is 32.3 Å². The highest BCUT2D eigenvalue weighted by molar-refractivity contribution is 5.95. The second-order valence-corrected chi connectivity index (χ2v) is 4.35. The first-order valence-electron chi connectivity index (χ1n) is 5.65. The van der Waals surface area contributed by atoms with Crippen molar-refractivity contribution in [2.24, 2.45) is 0 Å². The molecule has 1 aliphatic heterocycles. The molecule has 1 saturated heterocycles. The normalized spacial score (nSPS) is 20.1. The molecule has 1 aliphatic rings. The van der Waals surface area contributed by atoms with E-state index in [-0.39, 0.29) is 11.7 Å². The van der Waals surface area contributed by atoms with E-state index in [1.54, 1.807) is 7.05 Å². The zero-order valence-corrected chi connectivity index (χ0v) is 9.84. The van der Waals surface area contributed by atoms with Crippen molar-refractivity contribution in [2.45, 2.75) is 18.9 Å². The largest absolute Gasteiger partial charge is 0.322 e. The maximum atomic E-state index is 13.4. The number of anilines is 1. The van der Waals surface area contributed by atoms with Crippen molar-refractivity contribution in [3.8, 4) is 0 Å². The molecule has 0 saturated carbocycles. The summed E-state index contributed by atoms with van der Waals surface area (Å²) in [6.45, 7) is 0.790. The average molecular weight is 258 g/mol. The molecule has 6 heteroatoms. The van der Waals surface area contributed by atoms with E-state index in [2.05, 4.69) is 5.32 Å². The molecule has 1 atom stereocenters. The Kier molecular flexibility index (Phi) is 3.56. The molecule has 1 amide bonds. The lowest BCUT2D eigenvalue weighted by Gasteiger charge is -2.18. The highest BCUT2D eigenvalue weighted by Crippen LogP contribution is 2.22. The molecule has 1 fully saturated rings. The maximum Gasteiger partial charge on any atom is 0.241 e. The number of benzene rings is 1. The fourth-order valence-corrected chi connectivity index (χ4v) is 2.08. The zero-order valence-electron chi connectivity index (χ0n) is 9.84. The van der Waals surface area contributed by atoms with Gasteiger partial charge >= 0.3 is 0 Å². The van der Waals surface area contributed by atoms with Crippen molar-refractivity contribution in [2.75, 3.05) is 18.9 Å². The monoisotopic (exact) mass is 258 g/mol. The van der Waals surface area contributed by atoms with Gasteiger partial charge < -0.3 is 5.32 Å². The Morgan fingerprint density at radius 2 is 2.06 bits per heavy atom. The van der Waals surface area contributed by atoms with Crippen LogP contribution in [-0.2, 0) is 4.79 Å². The van der Waals surface area contributed by atoms with E-state index in [0.717, 1.165) is 25.1 Å². The Morgan fingerprint density at radius 3 is 2.67 bits per heavy atom. The van der Waals surface area contributed by atoms with Crippen LogP contribution >= 0.6 is 0 Å². The summed E-state index contributed by atoms with van der Waals surface area (Å²) in [7, 11) is 1.79. The van der Waals surface area contributed by atoms with Gasteiger partial charge in [0.25, 0.3) is 0 Å². The average Bonchev–Trinajstić information content (AvgIpc) is 2.76. The minimum absolute atomic E-state index is 0.334. The van der Waals surface area contributed by atoms with Crippen molar-refractivity contribution in [1.82, 2.24) is 4.90 Å². The standard InChI is InChI=1S/C12H13F3N2O/c1-17-6-2-3-9(17)12(18)16-8-5-4-7(13)10(14)11(8)15/h4-5,9H,2-3,6H2,1H3,(H,16,18). The highest BCUT2D eigenvalue weighted by atomic mass is 19.2. The van der Waals surface area contributed by atoms with E-state index in [1.165, 1.54) is 0 Å². The molecule has 0 spiro atoms. The number of rotatable bonds is 2. The molecule has 0 bridgehead atoms. The van der Waals surface area contributed by atoms with Crippen LogP contribution in [-0.4, -0.2) is 30.4 Å². The van der Waals surface area contributed by atoms with Gasteiger partial charge in [-0.2, -0.15) is 0 Å². The van der Waals surface area contributed by atoms with Crippen LogP contribution in [0, 0.1) is 17.5 Å². The summed E-state index contributed by atoms with van der Waals surface area (Å²) in [5, 5.41) is 2.29. The van der Waals surface area contributed by atoms with Gasteiger partial charge in [-0.05, 0) is 38.6 Å². The molecule has 1 N–H and O–H groups in total. The second kappa shape index (κ2) is 4.97. The number of likely N-dealkylation sites (tertiary alicyclic amines) is 1. The quantitative estimate of drug-likeness (QED) is 0.824. The second-order valence-electron chi connectivity index (χ2n) is 4.35. The predicted octanol–water partition coefficient (Wildman–Crippen LogP) is 2.14. The molecular formula is C12H13F3N2O. The van der Waals surface area contributed by atoms with Crippen molar-refractivity contribution in [3.05, 3.63) is 29.6 Å². The number of hydrogen-bond acceptors (Lipinski definition) is 2. The molecule has 0 aliphatic carbocycles. The van der Waals surface area contributed by atoms with Crippen molar-refractivity contribution >= 4 is 11.6 Å². The minimum Gasteiger partial charge on any atom is -0.322 e. The third kappa shape index (κ3) is 2.33. The molecule has 0 radical (unpaired) electrons. The Labute approximate surface area is 103 Å². The van der Waals surface area contributed by atoms with Gasteiger partial charge in [-0.1, -0.05) is 0 Å². The van der Waals surface area contributed by atoms with Crippen molar-refractivity contribution in [3.63, 3.8) is 0 Å². The van der Waals surface area contributed by atoms with Gasteiger partial charge in [-0.25, -0.2) is 13.2 Å². The molecule has 1 aromatic rings. The number of likely N-dealkylation sites (N-methyl/N-ethyl adjacent to an activating group) is 1. The summed E-state index contributed by atoms with van der Waals surface area (Å²) < 4.78 is 39.1. The Morgan fingerprint density at radius 1 is 1.33 bits per heavy atom. The summed E-state index contributed by atoms with van der Waals surface area (Å²) in [6.07, 6.45) is 1.56. The predicted molar refractivity (Wildman–Crippen MR) is 60.6 cm³/mol. The van der Waals surface area contributed by atoms with Gasteiger partial charge in [0.15, 0.2) is 17.5 Å². The molecule has 3 nitrogen and oxygen atoms in total. The van der Waals surface area contributed by atoms with Crippen LogP contribution in [0.4, 0.5) is 18.9 Å². The van der Waals surface area contributed by atoms with Crippen LogP contribution in [0.3, 0.4) is 0 Å². The van der Waals surface area contributed by atoms with Crippen LogP contribution in [0.5, 0.6) is 0 Å². The van der Waals surface area contributed by atoms with Gasteiger partial charge in [0.2, 0.25) is 5.91 Å². The molecule has 1 heterocycles.